The van der Waals surface area contributed by atoms with Crippen molar-refractivity contribution in [1.29, 1.82) is 0 Å². The highest BCUT2D eigenvalue weighted by Gasteiger charge is 2.30. The summed E-state index contributed by atoms with van der Waals surface area (Å²) >= 11 is 0.962. The Balaban J connectivity index is 1.24. The maximum Gasteiger partial charge on any atom is 0.286 e. The zero-order valence-corrected chi connectivity index (χ0v) is 19.9. The van der Waals surface area contributed by atoms with Crippen molar-refractivity contribution in [3.8, 4) is 0 Å². The Morgan fingerprint density at radius 1 is 1.06 bits per heavy atom. The lowest BCUT2D eigenvalue weighted by molar-refractivity contribution is -0.126. The van der Waals surface area contributed by atoms with Crippen LogP contribution in [0, 0.1) is 5.92 Å². The molecule has 11 heteroatoms. The number of likely N-dealkylation sites (tertiary alicyclic amines) is 1. The highest BCUT2D eigenvalue weighted by atomic mass is 32.1. The van der Waals surface area contributed by atoms with Crippen LogP contribution in [-0.2, 0) is 9.53 Å². The fourth-order valence-corrected chi connectivity index (χ4v) is 4.81. The molecule has 1 aromatic carbocycles. The van der Waals surface area contributed by atoms with Crippen LogP contribution in [-0.4, -0.2) is 90.2 Å². The number of carbonyl (C=O) groups excluding carboxylic acids is 3. The van der Waals surface area contributed by atoms with Gasteiger partial charge in [-0.15, -0.1) is 10.2 Å². The van der Waals surface area contributed by atoms with E-state index in [0.717, 1.165) is 63.4 Å². The molecule has 0 spiro atoms. The first-order valence-corrected chi connectivity index (χ1v) is 12.5. The number of ether oxygens (including phenoxy) is 1. The molecule has 3 heterocycles. The molecule has 0 aliphatic carbocycles. The minimum absolute atomic E-state index is 0.0142. The van der Waals surface area contributed by atoms with E-state index in [1.165, 1.54) is 0 Å². The van der Waals surface area contributed by atoms with Crippen molar-refractivity contribution in [2.75, 3.05) is 57.8 Å². The zero-order chi connectivity index (χ0) is 23.8. The molecule has 4 rings (SSSR count). The number of nitrogens with zero attached hydrogens (tertiary/aromatic N) is 4. The molecule has 1 aromatic heterocycles. The van der Waals surface area contributed by atoms with Crippen LogP contribution >= 0.6 is 11.3 Å². The number of amides is 3. The van der Waals surface area contributed by atoms with Gasteiger partial charge < -0.3 is 20.3 Å². The van der Waals surface area contributed by atoms with E-state index < -0.39 is 5.91 Å². The molecule has 2 aromatic rings. The van der Waals surface area contributed by atoms with Crippen molar-refractivity contribution < 1.29 is 19.1 Å². The lowest BCUT2D eigenvalue weighted by Gasteiger charge is -2.31. The molecule has 2 aliphatic heterocycles. The summed E-state index contributed by atoms with van der Waals surface area (Å²) in [6, 6.07) is 9.03. The van der Waals surface area contributed by atoms with Crippen LogP contribution in [0.1, 0.15) is 38.9 Å². The van der Waals surface area contributed by atoms with Gasteiger partial charge in [-0.2, -0.15) is 0 Å². The molecule has 2 aliphatic rings. The largest absolute Gasteiger partial charge is 0.379 e. The second kappa shape index (κ2) is 12.0. The normalized spacial score (nSPS) is 18.9. The first-order chi connectivity index (χ1) is 16.6. The standard InChI is InChI=1S/C23H30N6O4S/c30-19(24-9-5-10-28-12-14-33-15-13-28)17-6-4-11-29(16-17)23(32)22-27-26-21(34-22)20(31)25-18-7-2-1-3-8-18/h1-3,7-8,17H,4-6,9-16H2,(H,24,30)(H,25,31). The first kappa shape index (κ1) is 24.2. The molecule has 0 saturated carbocycles. The maximum atomic E-state index is 13.0. The third-order valence-corrected chi connectivity index (χ3v) is 6.88. The first-order valence-electron chi connectivity index (χ1n) is 11.7. The van der Waals surface area contributed by atoms with E-state index >= 15 is 0 Å². The van der Waals surface area contributed by atoms with Gasteiger partial charge in [0.2, 0.25) is 15.9 Å². The topological polar surface area (TPSA) is 117 Å². The molecule has 2 saturated heterocycles. The van der Waals surface area contributed by atoms with E-state index in [9.17, 15) is 14.4 Å². The van der Waals surface area contributed by atoms with Crippen molar-refractivity contribution in [1.82, 2.24) is 25.3 Å². The monoisotopic (exact) mass is 486 g/mol. The molecule has 1 atom stereocenters. The summed E-state index contributed by atoms with van der Waals surface area (Å²) in [5, 5.41) is 13.9. The van der Waals surface area contributed by atoms with Crippen LogP contribution in [0.2, 0.25) is 0 Å². The molecule has 0 bridgehead atoms. The van der Waals surface area contributed by atoms with Crippen LogP contribution in [0.4, 0.5) is 5.69 Å². The van der Waals surface area contributed by atoms with Gasteiger partial charge >= 0.3 is 0 Å². The van der Waals surface area contributed by atoms with Crippen LogP contribution in [0.3, 0.4) is 0 Å². The number of nitrogens with one attached hydrogen (secondary N) is 2. The number of piperidine rings is 1. The fraction of sp³-hybridized carbons (Fsp3) is 0.522. The molecule has 10 nitrogen and oxygen atoms in total. The summed E-state index contributed by atoms with van der Waals surface area (Å²) in [4.78, 5) is 42.0. The summed E-state index contributed by atoms with van der Waals surface area (Å²) < 4.78 is 5.35. The lowest BCUT2D eigenvalue weighted by atomic mass is 9.97. The second-order valence-corrected chi connectivity index (χ2v) is 9.40. The number of hydrogen-bond donors (Lipinski definition) is 2. The van der Waals surface area contributed by atoms with E-state index in [1.807, 2.05) is 18.2 Å². The summed E-state index contributed by atoms with van der Waals surface area (Å²) in [7, 11) is 0. The molecular formula is C23H30N6O4S. The Morgan fingerprint density at radius 2 is 1.82 bits per heavy atom. The SMILES string of the molecule is O=C(Nc1ccccc1)c1nnc(C(=O)N2CCCC(C(=O)NCCCN3CCOCC3)C2)s1. The number of aromatic nitrogens is 2. The predicted octanol–water partition coefficient (Wildman–Crippen LogP) is 1.48. The van der Waals surface area contributed by atoms with Crippen LogP contribution < -0.4 is 10.6 Å². The number of carbonyl (C=O) groups is 3. The Labute approximate surface area is 202 Å². The third kappa shape index (κ3) is 6.58. The second-order valence-electron chi connectivity index (χ2n) is 8.42. The Morgan fingerprint density at radius 3 is 2.62 bits per heavy atom. The average molecular weight is 487 g/mol. The quantitative estimate of drug-likeness (QED) is 0.543. The van der Waals surface area contributed by atoms with Crippen LogP contribution in [0.5, 0.6) is 0 Å². The Bertz CT molecular complexity index is 979. The average Bonchev–Trinajstić information content (AvgIpc) is 3.38. The van der Waals surface area contributed by atoms with E-state index in [-0.39, 0.29) is 27.7 Å². The maximum absolute atomic E-state index is 13.0. The molecule has 3 amide bonds. The van der Waals surface area contributed by atoms with Gasteiger partial charge in [0, 0.05) is 38.4 Å². The molecular weight excluding hydrogens is 456 g/mol. The molecule has 2 N–H and O–H groups in total. The number of hydrogen-bond acceptors (Lipinski definition) is 8. The summed E-state index contributed by atoms with van der Waals surface area (Å²) in [6.07, 6.45) is 2.39. The molecule has 182 valence electrons. The minimum atomic E-state index is -0.407. The van der Waals surface area contributed by atoms with Crippen molar-refractivity contribution in [3.05, 3.63) is 40.3 Å². The van der Waals surface area contributed by atoms with Gasteiger partial charge in [0.1, 0.15) is 0 Å². The Hall–Kier alpha value is -2.89. The number of benzene rings is 1. The number of anilines is 1. The van der Waals surface area contributed by atoms with E-state index in [2.05, 4.69) is 25.7 Å². The summed E-state index contributed by atoms with van der Waals surface area (Å²) in [5.41, 5.74) is 0.644. The molecule has 34 heavy (non-hydrogen) atoms. The zero-order valence-electron chi connectivity index (χ0n) is 19.1. The van der Waals surface area contributed by atoms with E-state index in [1.54, 1.807) is 17.0 Å². The van der Waals surface area contributed by atoms with Crippen LogP contribution in [0.15, 0.2) is 30.3 Å². The smallest absolute Gasteiger partial charge is 0.286 e. The highest BCUT2D eigenvalue weighted by Crippen LogP contribution is 2.21. The van der Waals surface area contributed by atoms with Gasteiger partial charge in [0.15, 0.2) is 0 Å². The number of para-hydroxylation sites is 1. The summed E-state index contributed by atoms with van der Waals surface area (Å²) in [6.45, 7) is 5.89. The van der Waals surface area contributed by atoms with E-state index in [0.29, 0.717) is 25.3 Å². The predicted molar refractivity (Wildman–Crippen MR) is 128 cm³/mol. The minimum Gasteiger partial charge on any atom is -0.379 e. The molecule has 2 fully saturated rings. The van der Waals surface area contributed by atoms with Crippen LogP contribution in [0.25, 0.3) is 0 Å². The fourth-order valence-electron chi connectivity index (χ4n) is 4.10. The Kier molecular flexibility index (Phi) is 8.56. The van der Waals surface area contributed by atoms with Gasteiger partial charge in [-0.3, -0.25) is 19.3 Å². The third-order valence-electron chi connectivity index (χ3n) is 5.97. The van der Waals surface area contributed by atoms with Gasteiger partial charge in [-0.05, 0) is 37.9 Å². The van der Waals surface area contributed by atoms with Crippen molar-refractivity contribution in [2.45, 2.75) is 19.3 Å². The highest BCUT2D eigenvalue weighted by molar-refractivity contribution is 7.15. The van der Waals surface area contributed by atoms with Crippen molar-refractivity contribution in [2.24, 2.45) is 5.92 Å². The van der Waals surface area contributed by atoms with E-state index in [4.69, 9.17) is 4.74 Å². The van der Waals surface area contributed by atoms with Gasteiger partial charge in [-0.1, -0.05) is 29.5 Å². The summed E-state index contributed by atoms with van der Waals surface area (Å²) in [5.74, 6) is -0.952. The lowest BCUT2D eigenvalue weighted by Crippen LogP contribution is -2.46. The van der Waals surface area contributed by atoms with Crippen molar-refractivity contribution >= 4 is 34.7 Å². The van der Waals surface area contributed by atoms with Gasteiger partial charge in [0.25, 0.3) is 11.8 Å². The molecule has 1 unspecified atom stereocenters. The van der Waals surface area contributed by atoms with Crippen molar-refractivity contribution in [3.63, 3.8) is 0 Å². The van der Waals surface area contributed by atoms with Gasteiger partial charge in [-0.25, -0.2) is 0 Å². The molecule has 0 radical (unpaired) electrons. The number of rotatable bonds is 8. The van der Waals surface area contributed by atoms with Gasteiger partial charge in [0.05, 0.1) is 19.1 Å². The number of morpholine rings is 1.